The Morgan fingerprint density at radius 2 is 1.92 bits per heavy atom. The van der Waals surface area contributed by atoms with E-state index in [0.717, 1.165) is 5.92 Å². The summed E-state index contributed by atoms with van der Waals surface area (Å²) in [6.45, 7) is 7.99. The van der Waals surface area contributed by atoms with Crippen molar-refractivity contribution in [1.29, 1.82) is 0 Å². The summed E-state index contributed by atoms with van der Waals surface area (Å²) in [6, 6.07) is 0.717. The average Bonchev–Trinajstić information content (AvgIpc) is 2.11. The highest BCUT2D eigenvalue weighted by molar-refractivity contribution is 7.98. The van der Waals surface area contributed by atoms with E-state index in [1.165, 1.54) is 25.1 Å². The van der Waals surface area contributed by atoms with E-state index in [2.05, 4.69) is 32.3 Å². The standard InChI is InChI=1S/C10H23NS/c1-5-9(3)7-11-10(6-2)8-12-4/h9-11H,5-8H2,1-4H3. The lowest BCUT2D eigenvalue weighted by Crippen LogP contribution is -2.33. The topological polar surface area (TPSA) is 12.0 Å². The van der Waals surface area contributed by atoms with Crippen molar-refractivity contribution in [3.05, 3.63) is 0 Å². The molecule has 0 saturated carbocycles. The molecular weight excluding hydrogens is 166 g/mol. The molecule has 0 rings (SSSR count). The molecule has 0 aliphatic carbocycles. The summed E-state index contributed by atoms with van der Waals surface area (Å²) in [5.74, 6) is 2.06. The largest absolute Gasteiger partial charge is 0.313 e. The fourth-order valence-electron chi connectivity index (χ4n) is 1.03. The van der Waals surface area contributed by atoms with Crippen LogP contribution in [-0.4, -0.2) is 24.6 Å². The molecule has 12 heavy (non-hydrogen) atoms. The zero-order valence-corrected chi connectivity index (χ0v) is 9.71. The zero-order valence-electron chi connectivity index (χ0n) is 8.89. The molecule has 1 N–H and O–H groups in total. The van der Waals surface area contributed by atoms with Gasteiger partial charge in [-0.15, -0.1) is 0 Å². The number of thioether (sulfide) groups is 1. The molecule has 0 radical (unpaired) electrons. The first kappa shape index (κ1) is 12.3. The first-order valence-corrected chi connectivity index (χ1v) is 6.36. The van der Waals surface area contributed by atoms with Gasteiger partial charge in [0, 0.05) is 11.8 Å². The van der Waals surface area contributed by atoms with E-state index >= 15 is 0 Å². The van der Waals surface area contributed by atoms with Gasteiger partial charge in [-0.25, -0.2) is 0 Å². The summed E-state index contributed by atoms with van der Waals surface area (Å²) in [4.78, 5) is 0. The van der Waals surface area contributed by atoms with E-state index in [0.29, 0.717) is 6.04 Å². The normalized spacial score (nSPS) is 16.0. The highest BCUT2D eigenvalue weighted by Crippen LogP contribution is 2.03. The van der Waals surface area contributed by atoms with Gasteiger partial charge in [0.2, 0.25) is 0 Å². The van der Waals surface area contributed by atoms with Gasteiger partial charge in [0.1, 0.15) is 0 Å². The van der Waals surface area contributed by atoms with Crippen LogP contribution in [0.15, 0.2) is 0 Å². The van der Waals surface area contributed by atoms with Crippen molar-refractivity contribution >= 4 is 11.8 Å². The molecule has 0 aliphatic heterocycles. The molecule has 2 atom stereocenters. The van der Waals surface area contributed by atoms with Crippen molar-refractivity contribution in [2.75, 3.05) is 18.6 Å². The summed E-state index contributed by atoms with van der Waals surface area (Å²) in [6.07, 6.45) is 4.70. The van der Waals surface area contributed by atoms with E-state index in [-0.39, 0.29) is 0 Å². The Bertz CT molecular complexity index is 95.8. The zero-order chi connectivity index (χ0) is 9.40. The van der Waals surface area contributed by atoms with Crippen LogP contribution in [0.2, 0.25) is 0 Å². The summed E-state index contributed by atoms with van der Waals surface area (Å²) >= 11 is 1.93. The molecule has 2 heteroatoms. The Kier molecular flexibility index (Phi) is 8.14. The highest BCUT2D eigenvalue weighted by Gasteiger charge is 2.05. The summed E-state index contributed by atoms with van der Waals surface area (Å²) in [5.41, 5.74) is 0. The SMILES string of the molecule is CCC(C)CNC(CC)CSC. The van der Waals surface area contributed by atoms with Crippen LogP contribution in [0.1, 0.15) is 33.6 Å². The van der Waals surface area contributed by atoms with Crippen LogP contribution >= 0.6 is 11.8 Å². The maximum atomic E-state index is 3.60. The second-order valence-electron chi connectivity index (χ2n) is 3.48. The van der Waals surface area contributed by atoms with Crippen molar-refractivity contribution in [3.8, 4) is 0 Å². The van der Waals surface area contributed by atoms with Gasteiger partial charge in [-0.05, 0) is 25.1 Å². The predicted octanol–water partition coefficient (Wildman–Crippen LogP) is 2.76. The molecule has 74 valence electrons. The van der Waals surface area contributed by atoms with E-state index < -0.39 is 0 Å². The summed E-state index contributed by atoms with van der Waals surface area (Å²) in [5, 5.41) is 3.60. The lowest BCUT2D eigenvalue weighted by Gasteiger charge is -2.18. The fraction of sp³-hybridized carbons (Fsp3) is 1.00. The van der Waals surface area contributed by atoms with Gasteiger partial charge in [-0.3, -0.25) is 0 Å². The van der Waals surface area contributed by atoms with Crippen molar-refractivity contribution in [2.24, 2.45) is 5.92 Å². The third-order valence-electron chi connectivity index (χ3n) is 2.31. The lowest BCUT2D eigenvalue weighted by molar-refractivity contribution is 0.450. The quantitative estimate of drug-likeness (QED) is 0.661. The molecule has 0 spiro atoms. The van der Waals surface area contributed by atoms with Gasteiger partial charge in [-0.2, -0.15) is 11.8 Å². The highest BCUT2D eigenvalue weighted by atomic mass is 32.2. The van der Waals surface area contributed by atoms with E-state index in [9.17, 15) is 0 Å². The molecule has 0 fully saturated rings. The van der Waals surface area contributed by atoms with Crippen LogP contribution in [0.25, 0.3) is 0 Å². The summed E-state index contributed by atoms with van der Waals surface area (Å²) < 4.78 is 0. The van der Waals surface area contributed by atoms with Gasteiger partial charge in [0.25, 0.3) is 0 Å². The molecule has 1 nitrogen and oxygen atoms in total. The van der Waals surface area contributed by atoms with Crippen LogP contribution in [0.4, 0.5) is 0 Å². The van der Waals surface area contributed by atoms with Crippen LogP contribution in [0.5, 0.6) is 0 Å². The molecule has 2 unspecified atom stereocenters. The number of hydrogen-bond acceptors (Lipinski definition) is 2. The Morgan fingerprint density at radius 1 is 1.25 bits per heavy atom. The van der Waals surface area contributed by atoms with Gasteiger partial charge in [0.05, 0.1) is 0 Å². The minimum Gasteiger partial charge on any atom is -0.313 e. The first-order valence-electron chi connectivity index (χ1n) is 4.96. The Morgan fingerprint density at radius 3 is 2.33 bits per heavy atom. The third-order valence-corrected chi connectivity index (χ3v) is 3.05. The maximum absolute atomic E-state index is 3.60. The molecule has 0 heterocycles. The summed E-state index contributed by atoms with van der Waals surface area (Å²) in [7, 11) is 0. The van der Waals surface area contributed by atoms with Gasteiger partial charge in [-0.1, -0.05) is 27.2 Å². The molecule has 0 aromatic carbocycles. The van der Waals surface area contributed by atoms with Crippen LogP contribution in [-0.2, 0) is 0 Å². The number of rotatable bonds is 7. The minimum absolute atomic E-state index is 0.717. The molecular formula is C10H23NS. The van der Waals surface area contributed by atoms with Crippen LogP contribution in [0, 0.1) is 5.92 Å². The molecule has 0 aliphatic rings. The van der Waals surface area contributed by atoms with Crippen molar-refractivity contribution < 1.29 is 0 Å². The Labute approximate surface area is 81.7 Å². The Balaban J connectivity index is 3.43. The maximum Gasteiger partial charge on any atom is 0.0155 e. The molecule has 0 amide bonds. The van der Waals surface area contributed by atoms with Gasteiger partial charge in [0.15, 0.2) is 0 Å². The molecule has 0 aromatic rings. The van der Waals surface area contributed by atoms with E-state index in [1.54, 1.807) is 0 Å². The molecule has 0 saturated heterocycles. The van der Waals surface area contributed by atoms with E-state index in [4.69, 9.17) is 0 Å². The predicted molar refractivity (Wildman–Crippen MR) is 59.9 cm³/mol. The second-order valence-corrected chi connectivity index (χ2v) is 4.39. The van der Waals surface area contributed by atoms with Crippen LogP contribution in [0.3, 0.4) is 0 Å². The van der Waals surface area contributed by atoms with Gasteiger partial charge < -0.3 is 5.32 Å². The number of nitrogens with one attached hydrogen (secondary N) is 1. The number of hydrogen-bond donors (Lipinski definition) is 1. The van der Waals surface area contributed by atoms with Gasteiger partial charge >= 0.3 is 0 Å². The van der Waals surface area contributed by atoms with Crippen molar-refractivity contribution in [2.45, 2.75) is 39.7 Å². The molecule has 0 bridgehead atoms. The second kappa shape index (κ2) is 7.93. The fourth-order valence-corrected chi connectivity index (χ4v) is 1.79. The van der Waals surface area contributed by atoms with Crippen molar-refractivity contribution in [3.63, 3.8) is 0 Å². The van der Waals surface area contributed by atoms with Crippen LogP contribution < -0.4 is 5.32 Å². The Hall–Kier alpha value is 0.310. The average molecular weight is 189 g/mol. The third kappa shape index (κ3) is 5.90. The smallest absolute Gasteiger partial charge is 0.0155 e. The minimum atomic E-state index is 0.717. The monoisotopic (exact) mass is 189 g/mol. The van der Waals surface area contributed by atoms with E-state index in [1.807, 2.05) is 11.8 Å². The lowest BCUT2D eigenvalue weighted by atomic mass is 10.1. The van der Waals surface area contributed by atoms with Crippen molar-refractivity contribution in [1.82, 2.24) is 5.32 Å². The first-order chi connectivity index (χ1) is 5.74. The molecule has 0 aromatic heterocycles.